The van der Waals surface area contributed by atoms with Crippen LogP contribution in [0.5, 0.6) is 11.5 Å². The van der Waals surface area contributed by atoms with E-state index in [2.05, 4.69) is 31.1 Å². The average molecular weight is 272 g/mol. The van der Waals surface area contributed by atoms with Gasteiger partial charge in [-0.05, 0) is 26.3 Å². The maximum absolute atomic E-state index is 5.89. The molecule has 0 fully saturated rings. The fourth-order valence-corrected chi connectivity index (χ4v) is 2.46. The predicted molar refractivity (Wildman–Crippen MR) is 77.4 cm³/mol. The van der Waals surface area contributed by atoms with E-state index in [0.717, 1.165) is 24.5 Å². The fraction of sp³-hybridized carbons (Fsp3) is 0.438. The number of benzene rings is 1. The second-order valence-electron chi connectivity index (χ2n) is 5.43. The largest absolute Gasteiger partial charge is 0.493 e. The standard InChI is InChI=1S/C16H20N2O2/c1-12(2)18-10-14(9-17-18)20-11-13-7-8-19-16-6-4-3-5-15(13)16/h3-6,9-10,12-13H,7-8,11H2,1-2H3. The molecular weight excluding hydrogens is 252 g/mol. The molecule has 0 N–H and O–H groups in total. The summed E-state index contributed by atoms with van der Waals surface area (Å²) in [6.45, 7) is 5.64. The first-order chi connectivity index (χ1) is 9.74. The van der Waals surface area contributed by atoms with Crippen molar-refractivity contribution in [1.29, 1.82) is 0 Å². The molecule has 0 amide bonds. The highest BCUT2D eigenvalue weighted by Crippen LogP contribution is 2.33. The monoisotopic (exact) mass is 272 g/mol. The topological polar surface area (TPSA) is 36.3 Å². The van der Waals surface area contributed by atoms with Crippen molar-refractivity contribution in [2.24, 2.45) is 0 Å². The van der Waals surface area contributed by atoms with Gasteiger partial charge in [0.1, 0.15) is 5.75 Å². The summed E-state index contributed by atoms with van der Waals surface area (Å²) in [5.41, 5.74) is 1.25. The predicted octanol–water partition coefficient (Wildman–Crippen LogP) is 3.41. The van der Waals surface area contributed by atoms with Crippen molar-refractivity contribution in [2.75, 3.05) is 13.2 Å². The lowest BCUT2D eigenvalue weighted by Gasteiger charge is -2.25. The first kappa shape index (κ1) is 13.0. The van der Waals surface area contributed by atoms with E-state index in [1.54, 1.807) is 6.20 Å². The highest BCUT2D eigenvalue weighted by Gasteiger charge is 2.21. The smallest absolute Gasteiger partial charge is 0.157 e. The summed E-state index contributed by atoms with van der Waals surface area (Å²) in [5, 5.41) is 4.29. The van der Waals surface area contributed by atoms with Gasteiger partial charge in [-0.25, -0.2) is 0 Å². The van der Waals surface area contributed by atoms with Gasteiger partial charge in [-0.3, -0.25) is 4.68 Å². The third-order valence-electron chi connectivity index (χ3n) is 3.64. The quantitative estimate of drug-likeness (QED) is 0.855. The fourth-order valence-electron chi connectivity index (χ4n) is 2.46. The number of nitrogens with zero attached hydrogens (tertiary/aromatic N) is 2. The molecule has 1 atom stereocenters. The Balaban J connectivity index is 1.67. The van der Waals surface area contributed by atoms with Gasteiger partial charge < -0.3 is 9.47 Å². The summed E-state index contributed by atoms with van der Waals surface area (Å²) in [6.07, 6.45) is 4.73. The Morgan fingerprint density at radius 1 is 1.40 bits per heavy atom. The minimum absolute atomic E-state index is 0.358. The van der Waals surface area contributed by atoms with Gasteiger partial charge >= 0.3 is 0 Å². The van der Waals surface area contributed by atoms with Gasteiger partial charge in [0.05, 0.1) is 25.6 Å². The van der Waals surface area contributed by atoms with E-state index in [4.69, 9.17) is 9.47 Å². The zero-order chi connectivity index (χ0) is 13.9. The number of hydrogen-bond acceptors (Lipinski definition) is 3. The van der Waals surface area contributed by atoms with E-state index in [1.165, 1.54) is 5.56 Å². The zero-order valence-corrected chi connectivity index (χ0v) is 12.0. The minimum Gasteiger partial charge on any atom is -0.493 e. The van der Waals surface area contributed by atoms with Crippen molar-refractivity contribution in [3.8, 4) is 11.5 Å². The normalized spacial score (nSPS) is 17.6. The lowest BCUT2D eigenvalue weighted by molar-refractivity contribution is 0.217. The summed E-state index contributed by atoms with van der Waals surface area (Å²) in [4.78, 5) is 0. The first-order valence-electron chi connectivity index (χ1n) is 7.12. The summed E-state index contributed by atoms with van der Waals surface area (Å²) < 4.78 is 13.5. The molecule has 1 unspecified atom stereocenters. The molecule has 4 nitrogen and oxygen atoms in total. The van der Waals surface area contributed by atoms with E-state index >= 15 is 0 Å². The molecule has 0 bridgehead atoms. The molecule has 1 aromatic heterocycles. The van der Waals surface area contributed by atoms with Gasteiger partial charge in [0.2, 0.25) is 0 Å². The molecule has 106 valence electrons. The molecule has 1 aliphatic rings. The summed E-state index contributed by atoms with van der Waals surface area (Å²) in [7, 11) is 0. The Morgan fingerprint density at radius 2 is 2.25 bits per heavy atom. The molecule has 0 saturated carbocycles. The minimum atomic E-state index is 0.358. The van der Waals surface area contributed by atoms with E-state index in [9.17, 15) is 0 Å². The van der Waals surface area contributed by atoms with Crippen LogP contribution in [-0.2, 0) is 0 Å². The number of hydrogen-bond donors (Lipinski definition) is 0. The van der Waals surface area contributed by atoms with Crippen LogP contribution in [0.1, 0.15) is 37.8 Å². The molecule has 0 aliphatic carbocycles. The molecule has 0 radical (unpaired) electrons. The van der Waals surface area contributed by atoms with E-state index in [-0.39, 0.29) is 0 Å². The molecule has 0 spiro atoms. The molecule has 0 saturated heterocycles. The first-order valence-corrected chi connectivity index (χ1v) is 7.12. The maximum atomic E-state index is 5.89. The van der Waals surface area contributed by atoms with Crippen LogP contribution < -0.4 is 9.47 Å². The van der Waals surface area contributed by atoms with E-state index < -0.39 is 0 Å². The highest BCUT2D eigenvalue weighted by atomic mass is 16.5. The molecule has 2 aromatic rings. The van der Waals surface area contributed by atoms with Gasteiger partial charge in [0.25, 0.3) is 0 Å². The Labute approximate surface area is 119 Å². The summed E-state index contributed by atoms with van der Waals surface area (Å²) in [5.74, 6) is 2.22. The third kappa shape index (κ3) is 2.64. The van der Waals surface area contributed by atoms with Gasteiger partial charge in [0.15, 0.2) is 5.75 Å². The van der Waals surface area contributed by atoms with E-state index in [0.29, 0.717) is 18.6 Å². The lowest BCUT2D eigenvalue weighted by Crippen LogP contribution is -2.19. The Morgan fingerprint density at radius 3 is 3.05 bits per heavy atom. The number of ether oxygens (including phenoxy) is 2. The molecule has 1 aromatic carbocycles. The second-order valence-corrected chi connectivity index (χ2v) is 5.43. The molecule has 20 heavy (non-hydrogen) atoms. The van der Waals surface area contributed by atoms with Gasteiger partial charge in [-0.15, -0.1) is 0 Å². The van der Waals surface area contributed by atoms with Gasteiger partial charge in [-0.1, -0.05) is 18.2 Å². The van der Waals surface area contributed by atoms with Crippen molar-refractivity contribution < 1.29 is 9.47 Å². The van der Waals surface area contributed by atoms with Crippen LogP contribution in [0, 0.1) is 0 Å². The SMILES string of the molecule is CC(C)n1cc(OCC2CCOc3ccccc32)cn1. The van der Waals surface area contributed by atoms with Crippen LogP contribution in [0.15, 0.2) is 36.7 Å². The molecule has 4 heteroatoms. The van der Waals surface area contributed by atoms with Crippen molar-refractivity contribution >= 4 is 0 Å². The number of rotatable bonds is 4. The number of para-hydroxylation sites is 1. The molecule has 3 rings (SSSR count). The number of aromatic nitrogens is 2. The summed E-state index contributed by atoms with van der Waals surface area (Å²) >= 11 is 0. The van der Waals surface area contributed by atoms with Crippen LogP contribution in [0.25, 0.3) is 0 Å². The highest BCUT2D eigenvalue weighted by molar-refractivity contribution is 5.37. The van der Waals surface area contributed by atoms with Crippen molar-refractivity contribution in [1.82, 2.24) is 9.78 Å². The van der Waals surface area contributed by atoms with Crippen LogP contribution in [0.2, 0.25) is 0 Å². The lowest BCUT2D eigenvalue weighted by atomic mass is 9.94. The van der Waals surface area contributed by atoms with Crippen molar-refractivity contribution in [2.45, 2.75) is 32.2 Å². The van der Waals surface area contributed by atoms with E-state index in [1.807, 2.05) is 23.0 Å². The van der Waals surface area contributed by atoms with Gasteiger partial charge in [-0.2, -0.15) is 5.10 Å². The summed E-state index contributed by atoms with van der Waals surface area (Å²) in [6, 6.07) is 8.57. The van der Waals surface area contributed by atoms with Crippen molar-refractivity contribution in [3.05, 3.63) is 42.2 Å². The van der Waals surface area contributed by atoms with Crippen LogP contribution in [0.4, 0.5) is 0 Å². The molecular formula is C16H20N2O2. The Bertz CT molecular complexity index is 577. The Kier molecular flexibility index (Phi) is 3.63. The second kappa shape index (κ2) is 5.57. The van der Waals surface area contributed by atoms with Crippen molar-refractivity contribution in [3.63, 3.8) is 0 Å². The maximum Gasteiger partial charge on any atom is 0.157 e. The van der Waals surface area contributed by atoms with Gasteiger partial charge in [0, 0.05) is 17.5 Å². The zero-order valence-electron chi connectivity index (χ0n) is 12.0. The molecule has 1 aliphatic heterocycles. The Hall–Kier alpha value is -1.97. The van der Waals surface area contributed by atoms with Crippen LogP contribution in [-0.4, -0.2) is 23.0 Å². The van der Waals surface area contributed by atoms with Crippen LogP contribution >= 0.6 is 0 Å². The average Bonchev–Trinajstić information content (AvgIpc) is 2.94. The third-order valence-corrected chi connectivity index (χ3v) is 3.64. The molecule has 2 heterocycles. The number of fused-ring (bicyclic) bond motifs is 1. The van der Waals surface area contributed by atoms with Crippen LogP contribution in [0.3, 0.4) is 0 Å².